The molecule has 1 aliphatic rings. The Kier molecular flexibility index (Phi) is 6.53. The van der Waals surface area contributed by atoms with E-state index in [4.69, 9.17) is 0 Å². The molecule has 0 atom stereocenters. The van der Waals surface area contributed by atoms with Gasteiger partial charge in [-0.1, -0.05) is 25.0 Å². The van der Waals surface area contributed by atoms with E-state index in [0.29, 0.717) is 16.9 Å². The van der Waals surface area contributed by atoms with E-state index >= 15 is 0 Å². The fourth-order valence-corrected chi connectivity index (χ4v) is 4.26. The Labute approximate surface area is 171 Å². The van der Waals surface area contributed by atoms with Crippen LogP contribution in [0.4, 0.5) is 16.2 Å². The zero-order valence-electron chi connectivity index (χ0n) is 16.3. The van der Waals surface area contributed by atoms with Crippen molar-refractivity contribution < 1.29 is 18.0 Å². The van der Waals surface area contributed by atoms with Gasteiger partial charge in [-0.2, -0.15) is 0 Å². The Hall–Kier alpha value is -2.87. The summed E-state index contributed by atoms with van der Waals surface area (Å²) in [5.41, 5.74) is 1.28. The molecule has 8 heteroatoms. The van der Waals surface area contributed by atoms with Crippen molar-refractivity contribution in [2.75, 3.05) is 23.1 Å². The highest BCUT2D eigenvalue weighted by atomic mass is 32.2. The lowest BCUT2D eigenvalue weighted by Gasteiger charge is -2.20. The molecular formula is C21H25N3O4S. The number of nitrogens with zero attached hydrogens (tertiary/aromatic N) is 1. The summed E-state index contributed by atoms with van der Waals surface area (Å²) in [6.07, 6.45) is 4.28. The van der Waals surface area contributed by atoms with Gasteiger partial charge in [-0.15, -0.1) is 0 Å². The maximum Gasteiger partial charge on any atom is 0.321 e. The number of carbonyl (C=O) groups is 2. The van der Waals surface area contributed by atoms with Gasteiger partial charge < -0.3 is 10.2 Å². The van der Waals surface area contributed by atoms with Crippen LogP contribution < -0.4 is 10.0 Å². The lowest BCUT2D eigenvalue weighted by Crippen LogP contribution is -2.35. The molecule has 0 radical (unpaired) electrons. The maximum absolute atomic E-state index is 12.6. The molecule has 0 saturated carbocycles. The van der Waals surface area contributed by atoms with Crippen molar-refractivity contribution in [3.63, 3.8) is 0 Å². The molecule has 3 rings (SSSR count). The van der Waals surface area contributed by atoms with E-state index < -0.39 is 10.0 Å². The maximum atomic E-state index is 12.6. The van der Waals surface area contributed by atoms with Crippen LogP contribution in [0.5, 0.6) is 0 Å². The van der Waals surface area contributed by atoms with Crippen molar-refractivity contribution >= 4 is 33.2 Å². The molecule has 1 aliphatic heterocycles. The summed E-state index contributed by atoms with van der Waals surface area (Å²) in [6.45, 7) is 2.90. The first kappa shape index (κ1) is 20.9. The largest absolute Gasteiger partial charge is 0.325 e. The summed E-state index contributed by atoms with van der Waals surface area (Å²) in [5.74, 6) is -0.143. The Morgan fingerprint density at radius 1 is 0.897 bits per heavy atom. The molecule has 0 aliphatic carbocycles. The Bertz CT molecular complexity index is 979. The summed E-state index contributed by atoms with van der Waals surface area (Å²) in [7, 11) is -3.81. The second kappa shape index (κ2) is 9.09. The van der Waals surface area contributed by atoms with E-state index in [2.05, 4.69) is 10.0 Å². The topological polar surface area (TPSA) is 95.6 Å². The molecule has 0 unspecified atom stereocenters. The van der Waals surface area contributed by atoms with Gasteiger partial charge in [0.2, 0.25) is 0 Å². The van der Waals surface area contributed by atoms with Gasteiger partial charge in [0, 0.05) is 30.0 Å². The fraction of sp³-hybridized carbons (Fsp3) is 0.333. The Morgan fingerprint density at radius 3 is 2.17 bits per heavy atom. The van der Waals surface area contributed by atoms with Crippen LogP contribution in [0.2, 0.25) is 0 Å². The number of Topliss-reactive ketones (excluding diaryl/α,β-unsaturated/α-hetero) is 1. The van der Waals surface area contributed by atoms with Crippen LogP contribution in [0.15, 0.2) is 53.4 Å². The Balaban J connectivity index is 1.67. The standard InChI is InChI=1S/C21H25N3O4S/c1-16(25)17-7-6-8-19(15-17)23-29(27,28)20-11-9-18(10-12-20)22-21(26)24-13-4-2-3-5-14-24/h6-12,15,23H,2-5,13-14H2,1H3,(H,22,26). The summed E-state index contributed by atoms with van der Waals surface area (Å²) in [5, 5.41) is 2.82. The SMILES string of the molecule is CC(=O)c1cccc(NS(=O)(=O)c2ccc(NC(=O)N3CCCCCC3)cc2)c1. The third-order valence-electron chi connectivity index (χ3n) is 4.83. The van der Waals surface area contributed by atoms with Crippen LogP contribution >= 0.6 is 0 Å². The van der Waals surface area contributed by atoms with Crippen LogP contribution in [0.25, 0.3) is 0 Å². The van der Waals surface area contributed by atoms with Crippen molar-refractivity contribution in [2.24, 2.45) is 0 Å². The number of nitrogens with one attached hydrogen (secondary N) is 2. The van der Waals surface area contributed by atoms with Gasteiger partial charge >= 0.3 is 6.03 Å². The quantitative estimate of drug-likeness (QED) is 0.719. The molecule has 0 spiro atoms. The number of urea groups is 1. The van der Waals surface area contributed by atoms with Crippen molar-refractivity contribution in [1.29, 1.82) is 0 Å². The molecule has 0 aromatic heterocycles. The van der Waals surface area contributed by atoms with Crippen LogP contribution in [-0.2, 0) is 10.0 Å². The first-order chi connectivity index (χ1) is 13.8. The zero-order valence-corrected chi connectivity index (χ0v) is 17.2. The van der Waals surface area contributed by atoms with Gasteiger partial charge in [0.05, 0.1) is 4.90 Å². The molecular weight excluding hydrogens is 390 g/mol. The van der Waals surface area contributed by atoms with Gasteiger partial charge in [-0.3, -0.25) is 9.52 Å². The number of benzene rings is 2. The van der Waals surface area contributed by atoms with Crippen molar-refractivity contribution in [3.05, 3.63) is 54.1 Å². The predicted octanol–water partition coefficient (Wildman–Crippen LogP) is 4.10. The highest BCUT2D eigenvalue weighted by Crippen LogP contribution is 2.20. The van der Waals surface area contributed by atoms with Crippen LogP contribution in [-0.4, -0.2) is 38.2 Å². The highest BCUT2D eigenvalue weighted by molar-refractivity contribution is 7.92. The first-order valence-electron chi connectivity index (χ1n) is 9.65. The summed E-state index contributed by atoms with van der Waals surface area (Å²) in [4.78, 5) is 25.7. The third kappa shape index (κ3) is 5.57. The van der Waals surface area contributed by atoms with Crippen molar-refractivity contribution in [1.82, 2.24) is 4.90 Å². The second-order valence-electron chi connectivity index (χ2n) is 7.10. The van der Waals surface area contributed by atoms with E-state index in [1.165, 1.54) is 25.1 Å². The average Bonchev–Trinajstić information content (AvgIpc) is 2.98. The van der Waals surface area contributed by atoms with Gasteiger partial charge in [-0.05, 0) is 56.2 Å². The van der Waals surface area contributed by atoms with Crippen LogP contribution in [0.3, 0.4) is 0 Å². The lowest BCUT2D eigenvalue weighted by atomic mass is 10.1. The predicted molar refractivity (Wildman–Crippen MR) is 113 cm³/mol. The molecule has 1 saturated heterocycles. The molecule has 2 aromatic rings. The number of hydrogen-bond donors (Lipinski definition) is 2. The molecule has 29 heavy (non-hydrogen) atoms. The van der Waals surface area contributed by atoms with E-state index in [1.807, 2.05) is 0 Å². The minimum Gasteiger partial charge on any atom is -0.325 e. The third-order valence-corrected chi connectivity index (χ3v) is 6.23. The second-order valence-corrected chi connectivity index (χ2v) is 8.78. The lowest BCUT2D eigenvalue weighted by molar-refractivity contribution is 0.101. The number of rotatable bonds is 5. The number of amides is 2. The van der Waals surface area contributed by atoms with Gasteiger partial charge in [-0.25, -0.2) is 13.2 Å². The van der Waals surface area contributed by atoms with Crippen LogP contribution in [0.1, 0.15) is 43.0 Å². The fourth-order valence-electron chi connectivity index (χ4n) is 3.21. The molecule has 1 heterocycles. The van der Waals surface area contributed by atoms with Gasteiger partial charge in [0.1, 0.15) is 0 Å². The number of ketones is 1. The minimum absolute atomic E-state index is 0.0681. The van der Waals surface area contributed by atoms with Crippen molar-refractivity contribution in [3.8, 4) is 0 Å². The summed E-state index contributed by atoms with van der Waals surface area (Å²) in [6, 6.07) is 12.2. The van der Waals surface area contributed by atoms with E-state index in [-0.39, 0.29) is 16.7 Å². The number of carbonyl (C=O) groups excluding carboxylic acids is 2. The van der Waals surface area contributed by atoms with E-state index in [1.54, 1.807) is 35.2 Å². The zero-order chi connectivity index (χ0) is 20.9. The monoisotopic (exact) mass is 415 g/mol. The smallest absolute Gasteiger partial charge is 0.321 e. The molecule has 1 fully saturated rings. The average molecular weight is 416 g/mol. The summed E-state index contributed by atoms with van der Waals surface area (Å²) < 4.78 is 27.7. The molecule has 0 bridgehead atoms. The van der Waals surface area contributed by atoms with Crippen LogP contribution in [0, 0.1) is 0 Å². The number of likely N-dealkylation sites (tertiary alicyclic amines) is 1. The molecule has 7 nitrogen and oxygen atoms in total. The van der Waals surface area contributed by atoms with Gasteiger partial charge in [0.15, 0.2) is 5.78 Å². The number of sulfonamides is 1. The molecule has 154 valence electrons. The van der Waals surface area contributed by atoms with Gasteiger partial charge in [0.25, 0.3) is 10.0 Å². The van der Waals surface area contributed by atoms with E-state index in [9.17, 15) is 18.0 Å². The summed E-state index contributed by atoms with van der Waals surface area (Å²) >= 11 is 0. The first-order valence-corrected chi connectivity index (χ1v) is 11.1. The van der Waals surface area contributed by atoms with Crippen molar-refractivity contribution in [2.45, 2.75) is 37.5 Å². The normalized spacial score (nSPS) is 14.7. The van der Waals surface area contributed by atoms with E-state index in [0.717, 1.165) is 38.8 Å². The Morgan fingerprint density at radius 2 is 1.55 bits per heavy atom. The molecule has 2 aromatic carbocycles. The number of hydrogen-bond acceptors (Lipinski definition) is 4. The highest BCUT2D eigenvalue weighted by Gasteiger charge is 2.17. The minimum atomic E-state index is -3.81. The number of anilines is 2. The molecule has 2 N–H and O–H groups in total. The molecule has 2 amide bonds.